The number of urea groups is 1. The highest BCUT2D eigenvalue weighted by molar-refractivity contribution is 5.93. The number of amides is 2. The number of benzene rings is 1. The Morgan fingerprint density at radius 2 is 1.90 bits per heavy atom. The third kappa shape index (κ3) is 3.67. The van der Waals surface area contributed by atoms with E-state index in [0.717, 1.165) is 0 Å². The van der Waals surface area contributed by atoms with E-state index < -0.39 is 22.5 Å². The minimum atomic E-state index is -1.37. The molecule has 0 aliphatic carbocycles. The standard InChI is InChI=1S/C12H15N3O5/c1-3-12(2,10(16)17)14-11(18)13-8-4-6-9(7-5-8)15(19)20/h4-7H,3H2,1-2H3,(H,16,17)(H2,13,14,18). The lowest BCUT2D eigenvalue weighted by atomic mass is 10.00. The van der Waals surface area contributed by atoms with Crippen LogP contribution < -0.4 is 10.6 Å². The Labute approximate surface area is 114 Å². The van der Waals surface area contributed by atoms with E-state index in [1.165, 1.54) is 31.2 Å². The van der Waals surface area contributed by atoms with Gasteiger partial charge in [-0.25, -0.2) is 9.59 Å². The van der Waals surface area contributed by atoms with E-state index in [0.29, 0.717) is 5.69 Å². The van der Waals surface area contributed by atoms with E-state index in [-0.39, 0.29) is 12.1 Å². The van der Waals surface area contributed by atoms with Gasteiger partial charge in [0.1, 0.15) is 5.54 Å². The van der Waals surface area contributed by atoms with Crippen LogP contribution in [0.2, 0.25) is 0 Å². The summed E-state index contributed by atoms with van der Waals surface area (Å²) in [5.41, 5.74) is -1.14. The molecule has 3 N–H and O–H groups in total. The molecule has 0 saturated carbocycles. The molecule has 1 rings (SSSR count). The summed E-state index contributed by atoms with van der Waals surface area (Å²) in [5, 5.41) is 24.3. The number of nitrogens with zero attached hydrogens (tertiary/aromatic N) is 1. The summed E-state index contributed by atoms with van der Waals surface area (Å²) in [5.74, 6) is -1.14. The normalized spacial score (nSPS) is 13.1. The minimum absolute atomic E-state index is 0.0973. The first-order valence-corrected chi connectivity index (χ1v) is 5.85. The number of rotatable bonds is 5. The summed E-state index contributed by atoms with van der Waals surface area (Å²) >= 11 is 0. The summed E-state index contributed by atoms with van der Waals surface area (Å²) in [4.78, 5) is 32.7. The largest absolute Gasteiger partial charge is 0.480 e. The molecule has 0 radical (unpaired) electrons. The predicted octanol–water partition coefficient (Wildman–Crippen LogP) is 1.97. The molecule has 0 heterocycles. The molecule has 20 heavy (non-hydrogen) atoms. The fourth-order valence-electron chi connectivity index (χ4n) is 1.37. The molecular weight excluding hydrogens is 266 g/mol. The van der Waals surface area contributed by atoms with Crippen molar-refractivity contribution >= 4 is 23.4 Å². The Balaban J connectivity index is 2.71. The maximum Gasteiger partial charge on any atom is 0.329 e. The van der Waals surface area contributed by atoms with Gasteiger partial charge in [-0.3, -0.25) is 10.1 Å². The number of carbonyl (C=O) groups excluding carboxylic acids is 1. The Hall–Kier alpha value is -2.64. The van der Waals surface area contributed by atoms with Crippen LogP contribution in [0.25, 0.3) is 0 Å². The van der Waals surface area contributed by atoms with Crippen LogP contribution in [0, 0.1) is 10.1 Å². The van der Waals surface area contributed by atoms with Crippen molar-refractivity contribution in [2.24, 2.45) is 0 Å². The number of carboxylic acid groups (broad SMARTS) is 1. The average molecular weight is 281 g/mol. The molecule has 0 saturated heterocycles. The molecule has 0 aliphatic rings. The number of nitro benzene ring substituents is 1. The van der Waals surface area contributed by atoms with E-state index in [4.69, 9.17) is 5.11 Å². The molecule has 0 bridgehead atoms. The molecule has 2 amide bonds. The molecule has 8 heteroatoms. The lowest BCUT2D eigenvalue weighted by Crippen LogP contribution is -2.53. The van der Waals surface area contributed by atoms with Gasteiger partial charge in [0, 0.05) is 17.8 Å². The zero-order chi connectivity index (χ0) is 15.3. The molecule has 1 atom stereocenters. The molecule has 0 spiro atoms. The van der Waals surface area contributed by atoms with Gasteiger partial charge in [0.15, 0.2) is 0 Å². The van der Waals surface area contributed by atoms with Gasteiger partial charge in [-0.1, -0.05) is 6.92 Å². The first-order valence-electron chi connectivity index (χ1n) is 5.85. The quantitative estimate of drug-likeness (QED) is 0.562. The van der Waals surface area contributed by atoms with Crippen molar-refractivity contribution in [2.75, 3.05) is 5.32 Å². The Morgan fingerprint density at radius 3 is 2.30 bits per heavy atom. The van der Waals surface area contributed by atoms with E-state index in [9.17, 15) is 19.7 Å². The molecule has 1 aromatic rings. The second-order valence-electron chi connectivity index (χ2n) is 4.37. The fraction of sp³-hybridized carbons (Fsp3) is 0.333. The van der Waals surface area contributed by atoms with Gasteiger partial charge in [-0.05, 0) is 25.5 Å². The van der Waals surface area contributed by atoms with Crippen molar-refractivity contribution in [2.45, 2.75) is 25.8 Å². The van der Waals surface area contributed by atoms with Crippen LogP contribution in [-0.4, -0.2) is 27.6 Å². The van der Waals surface area contributed by atoms with Crippen molar-refractivity contribution < 1.29 is 19.6 Å². The fourth-order valence-corrected chi connectivity index (χ4v) is 1.37. The maximum absolute atomic E-state index is 11.7. The van der Waals surface area contributed by atoms with Crippen LogP contribution in [0.4, 0.5) is 16.2 Å². The number of non-ortho nitro benzene ring substituents is 1. The van der Waals surface area contributed by atoms with Gasteiger partial charge < -0.3 is 15.7 Å². The maximum atomic E-state index is 11.7. The van der Waals surface area contributed by atoms with Crippen LogP contribution in [0.15, 0.2) is 24.3 Å². The van der Waals surface area contributed by atoms with Crippen molar-refractivity contribution in [3.8, 4) is 0 Å². The molecule has 0 aromatic heterocycles. The molecule has 8 nitrogen and oxygen atoms in total. The van der Waals surface area contributed by atoms with Crippen LogP contribution in [-0.2, 0) is 4.79 Å². The van der Waals surface area contributed by atoms with Crippen LogP contribution in [0.3, 0.4) is 0 Å². The van der Waals surface area contributed by atoms with Gasteiger partial charge in [0.2, 0.25) is 0 Å². The summed E-state index contributed by atoms with van der Waals surface area (Å²) in [6, 6.07) is 4.52. The van der Waals surface area contributed by atoms with Crippen molar-refractivity contribution in [3.05, 3.63) is 34.4 Å². The van der Waals surface area contributed by atoms with E-state index >= 15 is 0 Å². The highest BCUT2D eigenvalue weighted by Crippen LogP contribution is 2.16. The first kappa shape index (κ1) is 15.4. The number of anilines is 1. The van der Waals surface area contributed by atoms with Crippen molar-refractivity contribution in [1.82, 2.24) is 5.32 Å². The van der Waals surface area contributed by atoms with E-state index in [1.54, 1.807) is 6.92 Å². The molecule has 0 fully saturated rings. The number of nitrogens with one attached hydrogen (secondary N) is 2. The Kier molecular flexibility index (Phi) is 4.63. The smallest absolute Gasteiger partial charge is 0.329 e. The number of hydrogen-bond donors (Lipinski definition) is 3. The SMILES string of the molecule is CCC(C)(NC(=O)Nc1ccc([N+](=O)[O-])cc1)C(=O)O. The van der Waals surface area contributed by atoms with Gasteiger partial charge in [-0.2, -0.15) is 0 Å². The number of carboxylic acids is 1. The monoisotopic (exact) mass is 281 g/mol. The third-order valence-electron chi connectivity index (χ3n) is 2.90. The molecule has 1 aromatic carbocycles. The first-order chi connectivity index (χ1) is 9.28. The number of carbonyl (C=O) groups is 2. The number of aliphatic carboxylic acids is 1. The van der Waals surface area contributed by atoms with E-state index in [2.05, 4.69) is 10.6 Å². The molecule has 0 aliphatic heterocycles. The second kappa shape index (κ2) is 6.00. The summed E-state index contributed by atoms with van der Waals surface area (Å²) < 4.78 is 0. The summed E-state index contributed by atoms with van der Waals surface area (Å²) in [7, 11) is 0. The molecule has 108 valence electrons. The summed E-state index contributed by atoms with van der Waals surface area (Å²) in [6.07, 6.45) is 0.218. The number of hydrogen-bond acceptors (Lipinski definition) is 4. The van der Waals surface area contributed by atoms with E-state index in [1.807, 2.05) is 0 Å². The van der Waals surface area contributed by atoms with Gasteiger partial charge in [-0.15, -0.1) is 0 Å². The van der Waals surface area contributed by atoms with Gasteiger partial charge in [0.25, 0.3) is 5.69 Å². The van der Waals surface area contributed by atoms with Crippen LogP contribution in [0.5, 0.6) is 0 Å². The second-order valence-corrected chi connectivity index (χ2v) is 4.37. The predicted molar refractivity (Wildman–Crippen MR) is 71.6 cm³/mol. The molecular formula is C12H15N3O5. The third-order valence-corrected chi connectivity index (χ3v) is 2.90. The summed E-state index contributed by atoms with van der Waals surface area (Å²) in [6.45, 7) is 3.03. The Bertz CT molecular complexity index is 528. The van der Waals surface area contributed by atoms with Crippen LogP contribution >= 0.6 is 0 Å². The average Bonchev–Trinajstić information content (AvgIpc) is 2.38. The van der Waals surface area contributed by atoms with Gasteiger partial charge >= 0.3 is 12.0 Å². The Morgan fingerprint density at radius 1 is 1.35 bits per heavy atom. The minimum Gasteiger partial charge on any atom is -0.480 e. The zero-order valence-corrected chi connectivity index (χ0v) is 11.0. The van der Waals surface area contributed by atoms with Crippen LogP contribution in [0.1, 0.15) is 20.3 Å². The highest BCUT2D eigenvalue weighted by Gasteiger charge is 2.32. The highest BCUT2D eigenvalue weighted by atomic mass is 16.6. The zero-order valence-electron chi connectivity index (χ0n) is 11.0. The topological polar surface area (TPSA) is 122 Å². The van der Waals surface area contributed by atoms with Crippen molar-refractivity contribution in [1.29, 1.82) is 0 Å². The molecule has 1 unspecified atom stereocenters. The number of nitro groups is 1. The lowest BCUT2D eigenvalue weighted by Gasteiger charge is -2.24. The lowest BCUT2D eigenvalue weighted by molar-refractivity contribution is -0.384. The van der Waals surface area contributed by atoms with Crippen molar-refractivity contribution in [3.63, 3.8) is 0 Å². The van der Waals surface area contributed by atoms with Gasteiger partial charge in [0.05, 0.1) is 4.92 Å².